The lowest BCUT2D eigenvalue weighted by molar-refractivity contribution is 0.0760. The molecule has 1 aromatic rings. The summed E-state index contributed by atoms with van der Waals surface area (Å²) in [6, 6.07) is 7.14. The Balaban J connectivity index is 2.17. The van der Waals surface area contributed by atoms with E-state index in [1.54, 1.807) is 24.1 Å². The van der Waals surface area contributed by atoms with Crippen molar-refractivity contribution in [1.82, 2.24) is 9.80 Å². The first kappa shape index (κ1) is 13.8. The molecule has 1 amide bonds. The SMILES string of the molecule is COc1ccccc1C(=O)N1C[C@@H](O)[C@H](N(C)C)C1. The van der Waals surface area contributed by atoms with E-state index >= 15 is 0 Å². The normalized spacial score (nSPS) is 22.9. The van der Waals surface area contributed by atoms with Crippen LogP contribution in [0.5, 0.6) is 5.75 Å². The molecule has 2 atom stereocenters. The number of hydrogen-bond acceptors (Lipinski definition) is 4. The Bertz CT molecular complexity index is 462. The quantitative estimate of drug-likeness (QED) is 0.861. The van der Waals surface area contributed by atoms with E-state index in [1.807, 2.05) is 31.1 Å². The third-order valence-electron chi connectivity index (χ3n) is 3.55. The highest BCUT2D eigenvalue weighted by Gasteiger charge is 2.36. The molecule has 5 nitrogen and oxygen atoms in total. The van der Waals surface area contributed by atoms with Crippen LogP contribution in [-0.4, -0.2) is 67.3 Å². The Morgan fingerprint density at radius 1 is 1.37 bits per heavy atom. The fraction of sp³-hybridized carbons (Fsp3) is 0.500. The molecule has 1 saturated heterocycles. The lowest BCUT2D eigenvalue weighted by Crippen LogP contribution is -2.38. The smallest absolute Gasteiger partial charge is 0.257 e. The summed E-state index contributed by atoms with van der Waals surface area (Å²) in [5, 5.41) is 9.99. The van der Waals surface area contributed by atoms with Crippen molar-refractivity contribution in [1.29, 1.82) is 0 Å². The molecule has 0 unspecified atom stereocenters. The average Bonchev–Trinajstić information content (AvgIpc) is 2.80. The minimum absolute atomic E-state index is 0.0151. The summed E-state index contributed by atoms with van der Waals surface area (Å²) in [6.45, 7) is 0.894. The maximum Gasteiger partial charge on any atom is 0.257 e. The van der Waals surface area contributed by atoms with Gasteiger partial charge in [0.1, 0.15) is 5.75 Å². The van der Waals surface area contributed by atoms with Crippen LogP contribution in [0.3, 0.4) is 0 Å². The molecule has 5 heteroatoms. The van der Waals surface area contributed by atoms with Gasteiger partial charge in [0.25, 0.3) is 5.91 Å². The Kier molecular flexibility index (Phi) is 4.07. The number of aliphatic hydroxyl groups is 1. The van der Waals surface area contributed by atoms with E-state index in [9.17, 15) is 9.90 Å². The number of amides is 1. The number of carbonyl (C=O) groups is 1. The number of carbonyl (C=O) groups excluding carboxylic acids is 1. The van der Waals surface area contributed by atoms with E-state index in [4.69, 9.17) is 4.74 Å². The molecule has 1 N–H and O–H groups in total. The fourth-order valence-corrected chi connectivity index (χ4v) is 2.43. The molecule has 0 bridgehead atoms. The lowest BCUT2D eigenvalue weighted by atomic mass is 10.2. The van der Waals surface area contributed by atoms with Crippen molar-refractivity contribution in [3.63, 3.8) is 0 Å². The number of rotatable bonds is 3. The van der Waals surface area contributed by atoms with Gasteiger partial charge in [0.05, 0.1) is 24.8 Å². The second kappa shape index (κ2) is 5.59. The number of hydrogen-bond donors (Lipinski definition) is 1. The number of nitrogens with zero attached hydrogens (tertiary/aromatic N) is 2. The van der Waals surface area contributed by atoms with Gasteiger partial charge in [-0.25, -0.2) is 0 Å². The van der Waals surface area contributed by atoms with Crippen molar-refractivity contribution in [3.8, 4) is 5.75 Å². The van der Waals surface area contributed by atoms with Crippen LogP contribution in [0.15, 0.2) is 24.3 Å². The fourth-order valence-electron chi connectivity index (χ4n) is 2.43. The van der Waals surface area contributed by atoms with Crippen LogP contribution in [0.1, 0.15) is 10.4 Å². The number of para-hydroxylation sites is 1. The Hall–Kier alpha value is -1.59. The van der Waals surface area contributed by atoms with E-state index in [0.717, 1.165) is 0 Å². The van der Waals surface area contributed by atoms with Crippen molar-refractivity contribution in [2.45, 2.75) is 12.1 Å². The zero-order chi connectivity index (χ0) is 14.0. The van der Waals surface area contributed by atoms with Crippen LogP contribution in [0.2, 0.25) is 0 Å². The molecule has 0 aliphatic carbocycles. The Labute approximate surface area is 113 Å². The van der Waals surface area contributed by atoms with E-state index in [1.165, 1.54) is 0 Å². The number of likely N-dealkylation sites (tertiary alicyclic amines) is 1. The van der Waals surface area contributed by atoms with Gasteiger partial charge in [-0.2, -0.15) is 0 Å². The van der Waals surface area contributed by atoms with Gasteiger partial charge in [0.2, 0.25) is 0 Å². The van der Waals surface area contributed by atoms with Crippen molar-refractivity contribution in [2.24, 2.45) is 0 Å². The number of β-amino-alcohol motifs (C(OH)–C–C–N with tert-alkyl or cyclic N) is 1. The van der Waals surface area contributed by atoms with Gasteiger partial charge < -0.3 is 19.6 Å². The van der Waals surface area contributed by atoms with Crippen molar-refractivity contribution in [3.05, 3.63) is 29.8 Å². The molecule has 1 aliphatic heterocycles. The number of ether oxygens (including phenoxy) is 1. The van der Waals surface area contributed by atoms with Gasteiger partial charge in [0.15, 0.2) is 0 Å². The third-order valence-corrected chi connectivity index (χ3v) is 3.55. The highest BCUT2D eigenvalue weighted by Crippen LogP contribution is 2.22. The minimum Gasteiger partial charge on any atom is -0.496 e. The summed E-state index contributed by atoms with van der Waals surface area (Å²) >= 11 is 0. The predicted octanol–water partition coefficient (Wildman–Crippen LogP) is 0.442. The lowest BCUT2D eigenvalue weighted by Gasteiger charge is -2.21. The monoisotopic (exact) mass is 264 g/mol. The first-order valence-corrected chi connectivity index (χ1v) is 6.31. The van der Waals surface area contributed by atoms with E-state index in [0.29, 0.717) is 24.4 Å². The van der Waals surface area contributed by atoms with Gasteiger partial charge in [-0.05, 0) is 26.2 Å². The minimum atomic E-state index is -0.506. The van der Waals surface area contributed by atoms with Gasteiger partial charge in [-0.15, -0.1) is 0 Å². The summed E-state index contributed by atoms with van der Waals surface area (Å²) in [7, 11) is 5.36. The van der Waals surface area contributed by atoms with Crippen LogP contribution in [0.25, 0.3) is 0 Å². The topological polar surface area (TPSA) is 53.0 Å². The van der Waals surface area contributed by atoms with E-state index in [-0.39, 0.29) is 11.9 Å². The molecule has 19 heavy (non-hydrogen) atoms. The summed E-state index contributed by atoms with van der Waals surface area (Å²) in [5.41, 5.74) is 0.539. The first-order chi connectivity index (χ1) is 9.04. The summed E-state index contributed by atoms with van der Waals surface area (Å²) < 4.78 is 5.21. The molecule has 0 radical (unpaired) electrons. The Morgan fingerprint density at radius 3 is 2.63 bits per heavy atom. The Morgan fingerprint density at radius 2 is 2.05 bits per heavy atom. The summed E-state index contributed by atoms with van der Waals surface area (Å²) in [4.78, 5) is 16.1. The number of methoxy groups -OCH3 is 1. The largest absolute Gasteiger partial charge is 0.496 e. The molecule has 0 aromatic heterocycles. The van der Waals surface area contributed by atoms with Crippen molar-refractivity contribution >= 4 is 5.91 Å². The van der Waals surface area contributed by atoms with Crippen LogP contribution in [0, 0.1) is 0 Å². The summed E-state index contributed by atoms with van der Waals surface area (Å²) in [5.74, 6) is 0.469. The molecular formula is C14H20N2O3. The third kappa shape index (κ3) is 2.72. The van der Waals surface area contributed by atoms with Gasteiger partial charge in [-0.1, -0.05) is 12.1 Å². The van der Waals surface area contributed by atoms with Crippen LogP contribution in [0.4, 0.5) is 0 Å². The van der Waals surface area contributed by atoms with Crippen LogP contribution >= 0.6 is 0 Å². The summed E-state index contributed by atoms with van der Waals surface area (Å²) in [6.07, 6.45) is -0.506. The molecule has 1 heterocycles. The molecule has 0 saturated carbocycles. The molecule has 2 rings (SSSR count). The molecule has 104 valence electrons. The number of likely N-dealkylation sites (N-methyl/N-ethyl adjacent to an activating group) is 1. The zero-order valence-electron chi connectivity index (χ0n) is 11.5. The van der Waals surface area contributed by atoms with Crippen LogP contribution in [-0.2, 0) is 0 Å². The van der Waals surface area contributed by atoms with Crippen molar-refractivity contribution < 1.29 is 14.6 Å². The van der Waals surface area contributed by atoms with Crippen molar-refractivity contribution in [2.75, 3.05) is 34.3 Å². The van der Waals surface area contributed by atoms with E-state index in [2.05, 4.69) is 0 Å². The number of aliphatic hydroxyl groups excluding tert-OH is 1. The predicted molar refractivity (Wildman–Crippen MR) is 72.4 cm³/mol. The highest BCUT2D eigenvalue weighted by atomic mass is 16.5. The molecule has 1 aromatic carbocycles. The number of benzene rings is 1. The average molecular weight is 264 g/mol. The van der Waals surface area contributed by atoms with Gasteiger partial charge >= 0.3 is 0 Å². The highest BCUT2D eigenvalue weighted by molar-refractivity contribution is 5.97. The van der Waals surface area contributed by atoms with Crippen LogP contribution < -0.4 is 4.74 Å². The zero-order valence-corrected chi connectivity index (χ0v) is 11.5. The second-order valence-corrected chi connectivity index (χ2v) is 5.01. The molecule has 1 fully saturated rings. The first-order valence-electron chi connectivity index (χ1n) is 6.31. The molecular weight excluding hydrogens is 244 g/mol. The van der Waals surface area contributed by atoms with E-state index < -0.39 is 6.10 Å². The second-order valence-electron chi connectivity index (χ2n) is 5.01. The maximum absolute atomic E-state index is 12.5. The molecule has 1 aliphatic rings. The van der Waals surface area contributed by atoms with Gasteiger partial charge in [0, 0.05) is 13.1 Å². The maximum atomic E-state index is 12.5. The molecule has 0 spiro atoms. The standard InChI is InChI=1S/C14H20N2O3/c1-15(2)11-8-16(9-12(11)17)14(18)10-6-4-5-7-13(10)19-3/h4-7,11-12,17H,8-9H2,1-3H3/t11-,12-/m1/s1. The van der Waals surface area contributed by atoms with Gasteiger partial charge in [-0.3, -0.25) is 4.79 Å².